The van der Waals surface area contributed by atoms with Gasteiger partial charge in [-0.15, -0.1) is 0 Å². The summed E-state index contributed by atoms with van der Waals surface area (Å²) >= 11 is 5.56. The number of benzene rings is 1. The largest absolute Gasteiger partial charge is 0.368 e. The number of rotatable bonds is 3. The van der Waals surface area contributed by atoms with Gasteiger partial charge in [0.1, 0.15) is 0 Å². The van der Waals surface area contributed by atoms with Crippen LogP contribution in [0, 0.1) is 0 Å². The van der Waals surface area contributed by atoms with E-state index in [4.69, 9.17) is 12.2 Å². The average Bonchev–Trinajstić information content (AvgIpc) is 2.63. The van der Waals surface area contributed by atoms with Gasteiger partial charge in [-0.05, 0) is 36.3 Å². The van der Waals surface area contributed by atoms with Gasteiger partial charge in [0.2, 0.25) is 0 Å². The van der Waals surface area contributed by atoms with Crippen LogP contribution in [0.15, 0.2) is 48.8 Å². The molecule has 1 aliphatic rings. The first-order valence-electron chi connectivity index (χ1n) is 8.12. The molecule has 3 rings (SSSR count). The lowest BCUT2D eigenvalue weighted by Gasteiger charge is -2.37. The summed E-state index contributed by atoms with van der Waals surface area (Å²) in [6, 6.07) is 12.7. The van der Waals surface area contributed by atoms with E-state index in [1.54, 1.807) is 0 Å². The zero-order valence-corrected chi connectivity index (χ0v) is 14.3. The molecule has 0 amide bonds. The van der Waals surface area contributed by atoms with E-state index in [1.165, 1.54) is 11.3 Å². The first-order chi connectivity index (χ1) is 11.3. The number of anilines is 2. The highest BCUT2D eigenvalue weighted by atomic mass is 32.1. The molecule has 1 aliphatic heterocycles. The fourth-order valence-electron chi connectivity index (χ4n) is 2.78. The summed E-state index contributed by atoms with van der Waals surface area (Å²) in [5, 5.41) is 4.17. The number of aryl methyl sites for hydroxylation is 1. The maximum atomic E-state index is 5.56. The number of hydrogen-bond acceptors (Lipinski definition) is 2. The quantitative estimate of drug-likeness (QED) is 0.879. The summed E-state index contributed by atoms with van der Waals surface area (Å²) in [5.41, 5.74) is 3.67. The molecule has 1 aromatic carbocycles. The van der Waals surface area contributed by atoms with Gasteiger partial charge in [0, 0.05) is 49.7 Å². The first-order valence-corrected chi connectivity index (χ1v) is 8.53. The zero-order valence-electron chi connectivity index (χ0n) is 13.5. The smallest absolute Gasteiger partial charge is 0.173 e. The molecule has 0 saturated carbocycles. The summed E-state index contributed by atoms with van der Waals surface area (Å²) in [6.45, 7) is 6.02. The molecular weight excluding hydrogens is 304 g/mol. The summed E-state index contributed by atoms with van der Waals surface area (Å²) < 4.78 is 0. The van der Waals surface area contributed by atoms with E-state index in [2.05, 4.69) is 63.4 Å². The number of nitrogens with zero attached hydrogens (tertiary/aromatic N) is 2. The van der Waals surface area contributed by atoms with Gasteiger partial charge in [0.05, 0.1) is 0 Å². The van der Waals surface area contributed by atoms with Crippen molar-refractivity contribution in [3.05, 3.63) is 54.4 Å². The first kappa shape index (κ1) is 15.7. The van der Waals surface area contributed by atoms with Gasteiger partial charge in [-0.25, -0.2) is 4.98 Å². The molecule has 0 radical (unpaired) electrons. The molecule has 2 aromatic rings. The van der Waals surface area contributed by atoms with Gasteiger partial charge in [-0.2, -0.15) is 0 Å². The van der Waals surface area contributed by atoms with E-state index in [1.807, 2.05) is 12.4 Å². The fourth-order valence-corrected chi connectivity index (χ4v) is 3.08. The normalized spacial score (nSPS) is 14.7. The van der Waals surface area contributed by atoms with Crippen molar-refractivity contribution in [3.8, 4) is 0 Å². The summed E-state index contributed by atoms with van der Waals surface area (Å²) in [4.78, 5) is 7.70. The monoisotopic (exact) mass is 327 g/mol. The van der Waals surface area contributed by atoms with Gasteiger partial charge in [0.25, 0.3) is 0 Å². The number of hydrogen-bond donors (Lipinski definition) is 1. The molecule has 23 heavy (non-hydrogen) atoms. The number of thiocarbonyl (C=S) groups is 1. The molecule has 5 heteroatoms. The van der Waals surface area contributed by atoms with Crippen molar-refractivity contribution in [1.29, 1.82) is 0 Å². The number of piperazine rings is 1. The number of H-pyrrole nitrogens is 1. The minimum absolute atomic E-state index is 0.815. The SMILES string of the molecule is CCc1ccc(NC(=S)N2CCN(c3cc[nH+]cc3)CC2)cc1. The second kappa shape index (κ2) is 7.42. The third-order valence-electron chi connectivity index (χ3n) is 4.25. The highest BCUT2D eigenvalue weighted by molar-refractivity contribution is 7.80. The van der Waals surface area contributed by atoms with Crippen molar-refractivity contribution in [2.24, 2.45) is 0 Å². The Bertz CT molecular complexity index is 634. The van der Waals surface area contributed by atoms with Crippen molar-refractivity contribution in [3.63, 3.8) is 0 Å². The molecule has 1 fully saturated rings. The summed E-state index contributed by atoms with van der Waals surface area (Å²) in [7, 11) is 0. The second-order valence-electron chi connectivity index (χ2n) is 5.71. The number of nitrogens with one attached hydrogen (secondary N) is 2. The molecular formula is C18H23N4S+. The van der Waals surface area contributed by atoms with Crippen LogP contribution in [0.25, 0.3) is 0 Å². The van der Waals surface area contributed by atoms with Crippen molar-refractivity contribution in [2.45, 2.75) is 13.3 Å². The maximum Gasteiger partial charge on any atom is 0.173 e. The maximum absolute atomic E-state index is 5.56. The van der Waals surface area contributed by atoms with Crippen LogP contribution in [0.3, 0.4) is 0 Å². The summed E-state index contributed by atoms with van der Waals surface area (Å²) in [6.07, 6.45) is 4.99. The van der Waals surface area contributed by atoms with E-state index in [9.17, 15) is 0 Å². The third-order valence-corrected chi connectivity index (χ3v) is 4.61. The van der Waals surface area contributed by atoms with Crippen LogP contribution in [0.5, 0.6) is 0 Å². The molecule has 0 unspecified atom stereocenters. The van der Waals surface area contributed by atoms with Gasteiger partial charge in [-0.1, -0.05) is 19.1 Å². The van der Waals surface area contributed by atoms with Gasteiger partial charge in [0.15, 0.2) is 17.5 Å². The minimum atomic E-state index is 0.815. The van der Waals surface area contributed by atoms with Gasteiger partial charge in [-0.3, -0.25) is 0 Å². The number of aromatic amines is 1. The van der Waals surface area contributed by atoms with Crippen LogP contribution in [-0.2, 0) is 6.42 Å². The Morgan fingerprint density at radius 2 is 1.70 bits per heavy atom. The molecule has 1 aromatic heterocycles. The van der Waals surface area contributed by atoms with Crippen LogP contribution in [0.2, 0.25) is 0 Å². The number of aromatic nitrogens is 1. The van der Waals surface area contributed by atoms with Crippen molar-refractivity contribution in [2.75, 3.05) is 36.4 Å². The van der Waals surface area contributed by atoms with E-state index >= 15 is 0 Å². The molecule has 2 heterocycles. The lowest BCUT2D eigenvalue weighted by molar-refractivity contribution is -0.377. The van der Waals surface area contributed by atoms with Crippen molar-refractivity contribution >= 4 is 28.7 Å². The zero-order chi connectivity index (χ0) is 16.1. The number of pyridine rings is 1. The predicted molar refractivity (Wildman–Crippen MR) is 98.8 cm³/mol. The van der Waals surface area contributed by atoms with E-state index in [0.29, 0.717) is 0 Å². The highest BCUT2D eigenvalue weighted by Crippen LogP contribution is 2.16. The topological polar surface area (TPSA) is 32.6 Å². The standard InChI is InChI=1S/C18H22N4S/c1-2-15-3-5-16(6-4-15)20-18(23)22-13-11-21(12-14-22)17-7-9-19-10-8-17/h3-10H,2,11-14H2,1H3,(H,20,23)/p+1. The fraction of sp³-hybridized carbons (Fsp3) is 0.333. The molecule has 120 valence electrons. The van der Waals surface area contributed by atoms with E-state index < -0.39 is 0 Å². The Hall–Kier alpha value is -2.14. The Balaban J connectivity index is 1.53. The minimum Gasteiger partial charge on any atom is -0.368 e. The van der Waals surface area contributed by atoms with Crippen molar-refractivity contribution < 1.29 is 4.98 Å². The van der Waals surface area contributed by atoms with Crippen LogP contribution >= 0.6 is 12.2 Å². The third kappa shape index (κ3) is 3.99. The lowest BCUT2D eigenvalue weighted by Crippen LogP contribution is -2.50. The molecule has 4 nitrogen and oxygen atoms in total. The predicted octanol–water partition coefficient (Wildman–Crippen LogP) is 2.58. The van der Waals surface area contributed by atoms with E-state index in [0.717, 1.165) is 43.4 Å². The summed E-state index contributed by atoms with van der Waals surface area (Å²) in [5.74, 6) is 0. The van der Waals surface area contributed by atoms with Crippen molar-refractivity contribution in [1.82, 2.24) is 4.90 Å². The molecule has 0 bridgehead atoms. The van der Waals surface area contributed by atoms with E-state index in [-0.39, 0.29) is 0 Å². The van der Waals surface area contributed by atoms with Crippen LogP contribution in [0.1, 0.15) is 12.5 Å². The van der Waals surface area contributed by atoms with Gasteiger partial charge >= 0.3 is 0 Å². The van der Waals surface area contributed by atoms with Crippen LogP contribution < -0.4 is 15.2 Å². The second-order valence-corrected chi connectivity index (χ2v) is 6.10. The molecule has 0 atom stereocenters. The average molecular weight is 327 g/mol. The lowest BCUT2D eigenvalue weighted by atomic mass is 10.1. The van der Waals surface area contributed by atoms with Gasteiger partial charge < -0.3 is 15.1 Å². The molecule has 1 saturated heterocycles. The Morgan fingerprint density at radius 3 is 2.30 bits per heavy atom. The molecule has 0 spiro atoms. The Labute approximate surface area is 143 Å². The molecule has 2 N–H and O–H groups in total. The van der Waals surface area contributed by atoms with Crippen LogP contribution in [-0.4, -0.2) is 36.2 Å². The molecule has 0 aliphatic carbocycles. The Morgan fingerprint density at radius 1 is 1.04 bits per heavy atom. The van der Waals surface area contributed by atoms with Crippen LogP contribution in [0.4, 0.5) is 11.4 Å². The Kier molecular flexibility index (Phi) is 5.08. The highest BCUT2D eigenvalue weighted by Gasteiger charge is 2.19.